The van der Waals surface area contributed by atoms with E-state index in [1.54, 1.807) is 18.4 Å². The van der Waals surface area contributed by atoms with Gasteiger partial charge in [0.05, 0.1) is 6.26 Å². The highest BCUT2D eigenvalue weighted by Gasteiger charge is 2.33. The number of carbonyl (C=O) groups is 2. The van der Waals surface area contributed by atoms with Crippen LogP contribution in [-0.2, 0) is 9.47 Å². The third kappa shape index (κ3) is 7.62. The number of aromatic nitrogens is 1. The van der Waals surface area contributed by atoms with E-state index < -0.39 is 11.7 Å². The second-order valence-corrected chi connectivity index (χ2v) is 12.3. The number of thiazole rings is 1. The molecule has 3 heterocycles. The van der Waals surface area contributed by atoms with Gasteiger partial charge in [-0.1, -0.05) is 39.0 Å². The average molecular weight is 506 g/mol. The van der Waals surface area contributed by atoms with E-state index in [1.807, 2.05) is 20.8 Å². The summed E-state index contributed by atoms with van der Waals surface area (Å²) >= 11 is 1.19. The van der Waals surface area contributed by atoms with Crippen LogP contribution in [0.15, 0.2) is 22.8 Å². The maximum absolute atomic E-state index is 13.5. The van der Waals surface area contributed by atoms with Crippen LogP contribution in [-0.4, -0.2) is 42.2 Å². The molecule has 1 aliphatic rings. The second kappa shape index (κ2) is 11.2. The van der Waals surface area contributed by atoms with Gasteiger partial charge in [-0.05, 0) is 63.5 Å². The number of carbonyl (C=O) groups excluding carboxylic acids is 2. The lowest BCUT2D eigenvalue weighted by atomic mass is 9.84. The number of hydrazine groups is 1. The molecule has 0 spiro atoms. The van der Waals surface area contributed by atoms with Crippen molar-refractivity contribution in [2.75, 3.05) is 24.8 Å². The van der Waals surface area contributed by atoms with E-state index in [4.69, 9.17) is 18.9 Å². The highest BCUT2D eigenvalue weighted by Crippen LogP contribution is 2.37. The van der Waals surface area contributed by atoms with Crippen LogP contribution in [0.3, 0.4) is 0 Å². The maximum atomic E-state index is 13.5. The summed E-state index contributed by atoms with van der Waals surface area (Å²) in [6.07, 6.45) is 3.30. The molecule has 0 unspecified atom stereocenters. The highest BCUT2D eigenvalue weighted by molar-refractivity contribution is 7.18. The van der Waals surface area contributed by atoms with Gasteiger partial charge in [-0.15, -0.1) is 0 Å². The molecule has 1 N–H and O–H groups in total. The molecule has 0 aliphatic carbocycles. The zero-order chi connectivity index (χ0) is 25.8. The molecule has 1 fully saturated rings. The van der Waals surface area contributed by atoms with Gasteiger partial charge in [0.25, 0.3) is 0 Å². The summed E-state index contributed by atoms with van der Waals surface area (Å²) < 4.78 is 16.7. The third-order valence-electron chi connectivity index (χ3n) is 5.63. The number of Topliss-reactive ketones (excluding diaryl/α,β-unsaturated/α-hetero) is 1. The monoisotopic (exact) mass is 505 g/mol. The van der Waals surface area contributed by atoms with Crippen LogP contribution in [0.1, 0.15) is 77.4 Å². The minimum atomic E-state index is -0.688. The first-order valence-electron chi connectivity index (χ1n) is 12.3. The van der Waals surface area contributed by atoms with Crippen molar-refractivity contribution in [1.29, 1.82) is 0 Å². The zero-order valence-corrected chi connectivity index (χ0v) is 22.8. The van der Waals surface area contributed by atoms with E-state index >= 15 is 0 Å². The van der Waals surface area contributed by atoms with Gasteiger partial charge in [0.2, 0.25) is 5.13 Å². The summed E-state index contributed by atoms with van der Waals surface area (Å²) in [6.45, 7) is 15.8. The van der Waals surface area contributed by atoms with E-state index in [-0.39, 0.29) is 17.1 Å². The molecule has 2 aromatic rings. The molecule has 3 rings (SSSR count). The first kappa shape index (κ1) is 27.4. The molecule has 194 valence electrons. The molecule has 1 saturated heterocycles. The minimum absolute atomic E-state index is 0.00715. The number of furan rings is 1. The Morgan fingerprint density at radius 3 is 2.49 bits per heavy atom. The molecule has 1 aliphatic heterocycles. The number of hydrogen-bond donors (Lipinski definition) is 1. The van der Waals surface area contributed by atoms with Gasteiger partial charge in [-0.2, -0.15) is 5.01 Å². The van der Waals surface area contributed by atoms with Crippen LogP contribution >= 0.6 is 11.3 Å². The Morgan fingerprint density at radius 1 is 1.23 bits per heavy atom. The van der Waals surface area contributed by atoms with Crippen LogP contribution in [0.2, 0.25) is 0 Å². The third-order valence-corrected chi connectivity index (χ3v) is 6.69. The summed E-state index contributed by atoms with van der Waals surface area (Å²) in [4.78, 5) is 32.0. The van der Waals surface area contributed by atoms with Gasteiger partial charge in [-0.3, -0.25) is 4.79 Å². The fourth-order valence-corrected chi connectivity index (χ4v) is 5.35. The van der Waals surface area contributed by atoms with Crippen molar-refractivity contribution in [3.05, 3.63) is 23.3 Å². The van der Waals surface area contributed by atoms with Gasteiger partial charge >= 0.3 is 6.09 Å². The Hall–Kier alpha value is -2.23. The molecule has 0 atom stereocenters. The Kier molecular flexibility index (Phi) is 8.77. The Labute approximate surface area is 212 Å². The lowest BCUT2D eigenvalue weighted by Gasteiger charge is -2.31. The first-order valence-corrected chi connectivity index (χ1v) is 13.1. The van der Waals surface area contributed by atoms with E-state index in [2.05, 4.69) is 33.1 Å². The number of anilines is 1. The van der Waals surface area contributed by atoms with Gasteiger partial charge in [0.1, 0.15) is 16.2 Å². The molecule has 2 aromatic heterocycles. The van der Waals surface area contributed by atoms with Crippen molar-refractivity contribution in [3.8, 4) is 11.5 Å². The Bertz CT molecular complexity index is 985. The molecule has 9 heteroatoms. The van der Waals surface area contributed by atoms with Crippen molar-refractivity contribution in [3.63, 3.8) is 0 Å². The number of ketones is 1. The number of amides is 1. The van der Waals surface area contributed by atoms with Gasteiger partial charge in [-0.25, -0.2) is 15.2 Å². The molecule has 0 radical (unpaired) electrons. The molecule has 0 bridgehead atoms. The van der Waals surface area contributed by atoms with E-state index in [0.717, 1.165) is 6.42 Å². The number of rotatable bonds is 9. The van der Waals surface area contributed by atoms with Gasteiger partial charge in [0, 0.05) is 25.7 Å². The van der Waals surface area contributed by atoms with Crippen molar-refractivity contribution in [1.82, 2.24) is 10.4 Å². The Morgan fingerprint density at radius 2 is 1.91 bits per heavy atom. The molecular weight excluding hydrogens is 466 g/mol. The number of nitrogens with one attached hydrogen (secondary N) is 1. The highest BCUT2D eigenvalue weighted by atomic mass is 32.1. The predicted molar refractivity (Wildman–Crippen MR) is 138 cm³/mol. The average Bonchev–Trinajstić information content (AvgIpc) is 3.42. The lowest BCUT2D eigenvalue weighted by molar-refractivity contribution is 0.0546. The smallest absolute Gasteiger partial charge is 0.431 e. The fourth-order valence-electron chi connectivity index (χ4n) is 4.29. The van der Waals surface area contributed by atoms with E-state index in [0.29, 0.717) is 60.0 Å². The summed E-state index contributed by atoms with van der Waals surface area (Å²) in [5.74, 6) is 0.870. The minimum Gasteiger partial charge on any atom is -0.463 e. The van der Waals surface area contributed by atoms with Crippen molar-refractivity contribution in [2.45, 2.75) is 73.3 Å². The number of ether oxygens (including phenoxy) is 2. The normalized spacial score (nSPS) is 15.4. The van der Waals surface area contributed by atoms with Crippen molar-refractivity contribution in [2.24, 2.45) is 17.3 Å². The van der Waals surface area contributed by atoms with Gasteiger partial charge < -0.3 is 13.9 Å². The second-order valence-electron chi connectivity index (χ2n) is 11.3. The van der Waals surface area contributed by atoms with Crippen molar-refractivity contribution < 1.29 is 23.5 Å². The van der Waals surface area contributed by atoms with Crippen LogP contribution in [0.4, 0.5) is 9.93 Å². The van der Waals surface area contributed by atoms with E-state index in [9.17, 15) is 9.59 Å². The van der Waals surface area contributed by atoms with Crippen molar-refractivity contribution >= 4 is 28.3 Å². The molecule has 0 saturated carbocycles. The summed E-state index contributed by atoms with van der Waals surface area (Å²) in [5.41, 5.74) is 2.94. The largest absolute Gasteiger partial charge is 0.463 e. The Balaban J connectivity index is 1.97. The predicted octanol–water partition coefficient (Wildman–Crippen LogP) is 6.33. The molecular formula is C26H39N3O5S. The molecule has 1 amide bonds. The molecule has 35 heavy (non-hydrogen) atoms. The molecule has 0 aromatic carbocycles. The number of hydrogen-bond acceptors (Lipinski definition) is 8. The summed E-state index contributed by atoms with van der Waals surface area (Å²) in [5, 5.41) is 1.69. The first-order chi connectivity index (χ1) is 16.4. The van der Waals surface area contributed by atoms with Crippen LogP contribution in [0.5, 0.6) is 0 Å². The van der Waals surface area contributed by atoms with Crippen LogP contribution in [0.25, 0.3) is 11.5 Å². The topological polar surface area (TPSA) is 93.9 Å². The van der Waals surface area contributed by atoms with Crippen LogP contribution < -0.4 is 10.4 Å². The number of nitrogens with zero attached hydrogens (tertiary/aromatic N) is 2. The SMILES string of the molecule is CC(C)CC(C)(C)CNN(C(=O)OC(C)(C)C)c1nc(-c2ccco2)c(C(=O)C2CCOCC2)s1. The maximum Gasteiger partial charge on any atom is 0.431 e. The fraction of sp³-hybridized carbons (Fsp3) is 0.654. The summed E-state index contributed by atoms with van der Waals surface area (Å²) in [7, 11) is 0. The molecule has 8 nitrogen and oxygen atoms in total. The quantitative estimate of drug-likeness (QED) is 0.314. The summed E-state index contributed by atoms with van der Waals surface area (Å²) in [6, 6.07) is 3.53. The zero-order valence-electron chi connectivity index (χ0n) is 22.0. The van der Waals surface area contributed by atoms with E-state index in [1.165, 1.54) is 16.3 Å². The standard InChI is InChI=1S/C26H39N3O5S/c1-17(2)15-26(6,7)16-27-29(24(31)34-25(3,4)5)23-28-20(19-9-8-12-33-19)22(35-23)21(30)18-10-13-32-14-11-18/h8-9,12,17-18,27H,10-11,13-16H2,1-7H3. The van der Waals surface area contributed by atoms with Crippen LogP contribution in [0, 0.1) is 17.3 Å². The lowest BCUT2D eigenvalue weighted by Crippen LogP contribution is -2.49. The van der Waals surface area contributed by atoms with Gasteiger partial charge in [0.15, 0.2) is 11.5 Å².